The number of nitrogens with zero attached hydrogens (tertiary/aromatic N) is 1. The van der Waals surface area contributed by atoms with E-state index in [0.717, 1.165) is 6.07 Å². The van der Waals surface area contributed by atoms with Crippen LogP contribution < -0.4 is 14.9 Å². The second-order valence-corrected chi connectivity index (χ2v) is 4.78. The predicted molar refractivity (Wildman–Crippen MR) is 90.2 cm³/mol. The van der Waals surface area contributed by atoms with E-state index in [1.54, 1.807) is 18.2 Å². The maximum Gasteiger partial charge on any atom is 0.271 e. The van der Waals surface area contributed by atoms with Crippen molar-refractivity contribution in [3.8, 4) is 11.5 Å². The highest BCUT2D eigenvalue weighted by atomic mass is 19.1. The van der Waals surface area contributed by atoms with Gasteiger partial charge in [-0.2, -0.15) is 5.10 Å². The van der Waals surface area contributed by atoms with Crippen LogP contribution in [0, 0.1) is 5.82 Å². The van der Waals surface area contributed by atoms with Crippen LogP contribution in [0.1, 0.15) is 29.8 Å². The standard InChI is InChI=1S/C18H19FN2O3/c1-3-23-16-9-8-14(17(11-16)24-4-2)12-20-21-18(22)13-6-5-7-15(19)10-13/h5-12H,3-4H2,1-2H3,(H,21,22). The molecule has 0 aliphatic heterocycles. The van der Waals surface area contributed by atoms with Crippen LogP contribution >= 0.6 is 0 Å². The Kier molecular flexibility index (Phi) is 6.31. The lowest BCUT2D eigenvalue weighted by atomic mass is 10.2. The van der Waals surface area contributed by atoms with Gasteiger partial charge in [0.25, 0.3) is 5.91 Å². The number of hydrogen-bond acceptors (Lipinski definition) is 4. The van der Waals surface area contributed by atoms with Crippen molar-refractivity contribution in [1.82, 2.24) is 5.43 Å². The lowest BCUT2D eigenvalue weighted by Crippen LogP contribution is -2.17. The third-order valence-corrected chi connectivity index (χ3v) is 3.05. The molecule has 2 aromatic carbocycles. The molecule has 126 valence electrons. The molecule has 0 atom stereocenters. The van der Waals surface area contributed by atoms with Crippen LogP contribution in [0.25, 0.3) is 0 Å². The molecule has 1 N–H and O–H groups in total. The maximum atomic E-state index is 13.1. The molecule has 2 rings (SSSR count). The fourth-order valence-corrected chi connectivity index (χ4v) is 2.01. The number of benzene rings is 2. The van der Waals surface area contributed by atoms with Crippen LogP contribution in [-0.2, 0) is 0 Å². The third-order valence-electron chi connectivity index (χ3n) is 3.05. The first kappa shape index (κ1) is 17.5. The minimum atomic E-state index is -0.491. The Morgan fingerprint density at radius 2 is 1.96 bits per heavy atom. The summed E-state index contributed by atoms with van der Waals surface area (Å²) in [5.74, 6) is 0.334. The molecule has 0 fully saturated rings. The molecular weight excluding hydrogens is 311 g/mol. The van der Waals surface area contributed by atoms with Crippen molar-refractivity contribution in [3.05, 3.63) is 59.4 Å². The highest BCUT2D eigenvalue weighted by molar-refractivity contribution is 5.95. The quantitative estimate of drug-likeness (QED) is 0.625. The first-order chi connectivity index (χ1) is 11.6. The Hall–Kier alpha value is -2.89. The maximum absolute atomic E-state index is 13.1. The number of halogens is 1. The van der Waals surface area contributed by atoms with E-state index in [9.17, 15) is 9.18 Å². The van der Waals surface area contributed by atoms with Crippen LogP contribution in [0.5, 0.6) is 11.5 Å². The second-order valence-electron chi connectivity index (χ2n) is 4.78. The normalized spacial score (nSPS) is 10.6. The average molecular weight is 330 g/mol. The Morgan fingerprint density at radius 1 is 1.17 bits per heavy atom. The van der Waals surface area contributed by atoms with Gasteiger partial charge in [0.2, 0.25) is 0 Å². The van der Waals surface area contributed by atoms with Crippen LogP contribution in [-0.4, -0.2) is 25.3 Å². The summed E-state index contributed by atoms with van der Waals surface area (Å²) in [5.41, 5.74) is 3.25. The van der Waals surface area contributed by atoms with E-state index in [1.165, 1.54) is 24.4 Å². The minimum Gasteiger partial charge on any atom is -0.494 e. The van der Waals surface area contributed by atoms with Crippen LogP contribution in [0.4, 0.5) is 4.39 Å². The molecular formula is C18H19FN2O3. The Labute approximate surface area is 140 Å². The molecule has 0 aliphatic rings. The van der Waals surface area contributed by atoms with Crippen LogP contribution in [0.3, 0.4) is 0 Å². The summed E-state index contributed by atoms with van der Waals surface area (Å²) in [6, 6.07) is 10.7. The Morgan fingerprint density at radius 3 is 2.67 bits per heavy atom. The minimum absolute atomic E-state index is 0.198. The summed E-state index contributed by atoms with van der Waals surface area (Å²) in [7, 11) is 0. The molecule has 0 heterocycles. The van der Waals surface area contributed by atoms with Crippen molar-refractivity contribution in [2.75, 3.05) is 13.2 Å². The largest absolute Gasteiger partial charge is 0.494 e. The van der Waals surface area contributed by atoms with Gasteiger partial charge in [-0.1, -0.05) is 6.07 Å². The highest BCUT2D eigenvalue weighted by Crippen LogP contribution is 2.23. The second kappa shape index (κ2) is 8.67. The molecule has 0 spiro atoms. The van der Waals surface area contributed by atoms with Gasteiger partial charge >= 0.3 is 0 Å². The SMILES string of the molecule is CCOc1ccc(C=NNC(=O)c2cccc(F)c2)c(OCC)c1. The molecule has 0 aromatic heterocycles. The van der Waals surface area contributed by atoms with Gasteiger partial charge in [-0.05, 0) is 44.2 Å². The molecule has 0 saturated heterocycles. The molecule has 5 nitrogen and oxygen atoms in total. The van der Waals surface area contributed by atoms with Gasteiger partial charge < -0.3 is 9.47 Å². The van der Waals surface area contributed by atoms with E-state index in [0.29, 0.717) is 30.3 Å². The fraction of sp³-hybridized carbons (Fsp3) is 0.222. The highest BCUT2D eigenvalue weighted by Gasteiger charge is 2.06. The van der Waals surface area contributed by atoms with E-state index in [-0.39, 0.29) is 5.56 Å². The molecule has 0 unspecified atom stereocenters. The first-order valence-corrected chi connectivity index (χ1v) is 7.62. The Balaban J connectivity index is 2.09. The lowest BCUT2D eigenvalue weighted by molar-refractivity contribution is 0.0954. The number of nitrogens with one attached hydrogen (secondary N) is 1. The smallest absolute Gasteiger partial charge is 0.271 e. The molecule has 1 amide bonds. The summed E-state index contributed by atoms with van der Waals surface area (Å²) in [4.78, 5) is 11.9. The van der Waals surface area contributed by atoms with E-state index in [4.69, 9.17) is 9.47 Å². The summed E-state index contributed by atoms with van der Waals surface area (Å²) in [5, 5.41) is 3.90. The molecule has 0 saturated carbocycles. The zero-order valence-electron chi connectivity index (χ0n) is 13.6. The number of carbonyl (C=O) groups is 1. The molecule has 2 aromatic rings. The van der Waals surface area contributed by atoms with Crippen molar-refractivity contribution >= 4 is 12.1 Å². The first-order valence-electron chi connectivity index (χ1n) is 7.62. The van der Waals surface area contributed by atoms with E-state index in [1.807, 2.05) is 13.8 Å². The van der Waals surface area contributed by atoms with E-state index >= 15 is 0 Å². The van der Waals surface area contributed by atoms with Gasteiger partial charge in [-0.15, -0.1) is 0 Å². The number of carbonyl (C=O) groups excluding carboxylic acids is 1. The van der Waals surface area contributed by atoms with Crippen molar-refractivity contribution in [2.24, 2.45) is 5.10 Å². The third kappa shape index (κ3) is 4.81. The lowest BCUT2D eigenvalue weighted by Gasteiger charge is -2.10. The predicted octanol–water partition coefficient (Wildman–Crippen LogP) is 3.39. The van der Waals surface area contributed by atoms with Gasteiger partial charge in [-0.25, -0.2) is 9.82 Å². The van der Waals surface area contributed by atoms with Gasteiger partial charge in [0, 0.05) is 17.2 Å². The molecule has 0 bridgehead atoms. The molecule has 0 aliphatic carbocycles. The number of hydrogen-bond donors (Lipinski definition) is 1. The topological polar surface area (TPSA) is 59.9 Å². The summed E-state index contributed by atoms with van der Waals surface area (Å²) in [6.07, 6.45) is 1.47. The number of amides is 1. The molecule has 24 heavy (non-hydrogen) atoms. The van der Waals surface area contributed by atoms with E-state index < -0.39 is 11.7 Å². The number of hydrazone groups is 1. The Bertz CT molecular complexity index is 732. The fourth-order valence-electron chi connectivity index (χ4n) is 2.01. The zero-order chi connectivity index (χ0) is 17.4. The summed E-state index contributed by atoms with van der Waals surface area (Å²) >= 11 is 0. The molecule has 6 heteroatoms. The number of ether oxygens (including phenoxy) is 2. The van der Waals surface area contributed by atoms with Crippen LogP contribution in [0.2, 0.25) is 0 Å². The van der Waals surface area contributed by atoms with Gasteiger partial charge in [0.05, 0.1) is 19.4 Å². The van der Waals surface area contributed by atoms with Gasteiger partial charge in [0.15, 0.2) is 0 Å². The molecule has 0 radical (unpaired) electrons. The average Bonchev–Trinajstić information content (AvgIpc) is 2.57. The van der Waals surface area contributed by atoms with Crippen molar-refractivity contribution < 1.29 is 18.7 Å². The van der Waals surface area contributed by atoms with Gasteiger partial charge in [-0.3, -0.25) is 4.79 Å². The summed E-state index contributed by atoms with van der Waals surface area (Å²) in [6.45, 7) is 4.83. The van der Waals surface area contributed by atoms with Crippen molar-refractivity contribution in [2.45, 2.75) is 13.8 Å². The number of rotatable bonds is 7. The summed E-state index contributed by atoms with van der Waals surface area (Å²) < 4.78 is 24.1. The van der Waals surface area contributed by atoms with Crippen molar-refractivity contribution in [1.29, 1.82) is 0 Å². The zero-order valence-corrected chi connectivity index (χ0v) is 13.6. The van der Waals surface area contributed by atoms with Crippen molar-refractivity contribution in [3.63, 3.8) is 0 Å². The van der Waals surface area contributed by atoms with E-state index in [2.05, 4.69) is 10.5 Å². The van der Waals surface area contributed by atoms with Gasteiger partial charge in [0.1, 0.15) is 17.3 Å². The monoisotopic (exact) mass is 330 g/mol. The van der Waals surface area contributed by atoms with Crippen LogP contribution in [0.15, 0.2) is 47.6 Å².